The van der Waals surface area contributed by atoms with Gasteiger partial charge in [-0.05, 0) is 18.1 Å². The summed E-state index contributed by atoms with van der Waals surface area (Å²) in [5.41, 5.74) is 0.0503. The maximum Gasteiger partial charge on any atom is 0.304 e. The third kappa shape index (κ3) is 5.20. The fourth-order valence-electron chi connectivity index (χ4n) is 3.95. The second-order valence-electron chi connectivity index (χ2n) is 7.97. The van der Waals surface area contributed by atoms with Crippen LogP contribution in [0.25, 0.3) is 0 Å². The molecule has 0 bridgehead atoms. The zero-order chi connectivity index (χ0) is 23.9. The van der Waals surface area contributed by atoms with E-state index >= 15 is 0 Å². The number of hydrogen-bond acceptors (Lipinski definition) is 3. The molecular weight excluding hydrogens is 439 g/mol. The van der Waals surface area contributed by atoms with E-state index in [0.29, 0.717) is 16.2 Å². The SMILES string of the molecule is CC(=O)OC(C#Cc1ccccc1)(CP(=O)(c1ccccc1)c1ccccc1)c1ccccc1. The van der Waals surface area contributed by atoms with E-state index < -0.39 is 18.7 Å². The molecule has 0 aliphatic heterocycles. The Hall–Kier alpha value is -3.86. The molecule has 4 heteroatoms. The second-order valence-corrected chi connectivity index (χ2v) is 10.8. The lowest BCUT2D eigenvalue weighted by molar-refractivity contribution is -0.150. The molecule has 4 rings (SSSR count). The average Bonchev–Trinajstić information content (AvgIpc) is 2.89. The van der Waals surface area contributed by atoms with Gasteiger partial charge in [0.2, 0.25) is 5.60 Å². The van der Waals surface area contributed by atoms with Gasteiger partial charge in [0.1, 0.15) is 7.14 Å². The van der Waals surface area contributed by atoms with Crippen molar-refractivity contribution >= 4 is 23.7 Å². The van der Waals surface area contributed by atoms with Gasteiger partial charge in [-0.3, -0.25) is 4.79 Å². The van der Waals surface area contributed by atoms with Gasteiger partial charge in [0.25, 0.3) is 0 Å². The molecule has 0 radical (unpaired) electrons. The van der Waals surface area contributed by atoms with Crippen LogP contribution < -0.4 is 10.6 Å². The van der Waals surface area contributed by atoms with Crippen LogP contribution in [0.5, 0.6) is 0 Å². The second kappa shape index (κ2) is 10.4. The Labute approximate surface area is 200 Å². The van der Waals surface area contributed by atoms with E-state index in [2.05, 4.69) is 11.8 Å². The predicted octanol–water partition coefficient (Wildman–Crippen LogP) is 5.51. The molecule has 0 aliphatic carbocycles. The molecule has 168 valence electrons. The van der Waals surface area contributed by atoms with Gasteiger partial charge in [-0.2, -0.15) is 0 Å². The highest BCUT2D eigenvalue weighted by atomic mass is 31.2. The van der Waals surface area contributed by atoms with Crippen molar-refractivity contribution in [2.24, 2.45) is 0 Å². The van der Waals surface area contributed by atoms with Gasteiger partial charge in [-0.25, -0.2) is 0 Å². The molecule has 3 nitrogen and oxygen atoms in total. The number of ether oxygens (including phenoxy) is 1. The summed E-state index contributed by atoms with van der Waals surface area (Å²) in [5, 5.41) is 1.38. The third-order valence-corrected chi connectivity index (χ3v) is 8.69. The van der Waals surface area contributed by atoms with E-state index in [1.807, 2.05) is 121 Å². The summed E-state index contributed by atoms with van der Waals surface area (Å²) in [6.07, 6.45) is 0.0114. The van der Waals surface area contributed by atoms with Gasteiger partial charge in [0.15, 0.2) is 0 Å². The Morgan fingerprint density at radius 1 is 0.735 bits per heavy atom. The normalized spacial score (nSPS) is 12.6. The topological polar surface area (TPSA) is 43.4 Å². The fraction of sp³-hybridized carbons (Fsp3) is 0.100. The number of hydrogen-bond donors (Lipinski definition) is 0. The van der Waals surface area contributed by atoms with Crippen LogP contribution in [0.3, 0.4) is 0 Å². The Morgan fingerprint density at radius 2 is 1.18 bits per heavy atom. The van der Waals surface area contributed by atoms with Crippen molar-refractivity contribution in [1.29, 1.82) is 0 Å². The lowest BCUT2D eigenvalue weighted by Gasteiger charge is -2.33. The van der Waals surface area contributed by atoms with Crippen molar-refractivity contribution in [3.05, 3.63) is 132 Å². The zero-order valence-corrected chi connectivity index (χ0v) is 19.8. The first kappa shape index (κ1) is 23.3. The molecule has 0 N–H and O–H groups in total. The highest BCUT2D eigenvalue weighted by molar-refractivity contribution is 7.78. The van der Waals surface area contributed by atoms with Crippen LogP contribution in [0.1, 0.15) is 18.1 Å². The van der Waals surface area contributed by atoms with E-state index in [1.54, 1.807) is 0 Å². The first-order valence-corrected chi connectivity index (χ1v) is 12.9. The van der Waals surface area contributed by atoms with Crippen molar-refractivity contribution in [1.82, 2.24) is 0 Å². The Balaban J connectivity index is 1.96. The number of rotatable bonds is 6. The minimum Gasteiger partial charge on any atom is -0.441 e. The number of benzene rings is 4. The Morgan fingerprint density at radius 3 is 1.65 bits per heavy atom. The molecule has 0 saturated heterocycles. The monoisotopic (exact) mass is 464 g/mol. The number of esters is 1. The molecule has 0 amide bonds. The summed E-state index contributed by atoms with van der Waals surface area (Å²) >= 11 is 0. The highest BCUT2D eigenvalue weighted by Crippen LogP contribution is 2.49. The molecule has 0 saturated carbocycles. The first-order chi connectivity index (χ1) is 16.5. The average molecular weight is 465 g/mol. The Kier molecular flexibility index (Phi) is 7.12. The van der Waals surface area contributed by atoms with Gasteiger partial charge in [-0.1, -0.05) is 115 Å². The van der Waals surface area contributed by atoms with Crippen molar-refractivity contribution in [2.45, 2.75) is 12.5 Å². The molecular formula is C30H25O3P. The predicted molar refractivity (Wildman–Crippen MR) is 138 cm³/mol. The molecule has 1 atom stereocenters. The van der Waals surface area contributed by atoms with Crippen LogP contribution in [0.4, 0.5) is 0 Å². The maximum atomic E-state index is 14.9. The number of carbonyl (C=O) groups excluding carboxylic acids is 1. The van der Waals surface area contributed by atoms with Crippen molar-refractivity contribution < 1.29 is 14.1 Å². The summed E-state index contributed by atoms with van der Waals surface area (Å²) in [7, 11) is -3.27. The third-order valence-electron chi connectivity index (χ3n) is 5.53. The van der Waals surface area contributed by atoms with E-state index in [-0.39, 0.29) is 6.16 Å². The highest BCUT2D eigenvalue weighted by Gasteiger charge is 2.43. The molecule has 0 spiro atoms. The standard InChI is InChI=1S/C30H25O3P/c1-25(31)33-30(27-16-8-3-9-17-27,23-22-26-14-6-2-7-15-26)24-34(32,28-18-10-4-11-19-28)29-20-12-5-13-21-29/h2-21H,24H2,1H3. The van der Waals surface area contributed by atoms with Crippen LogP contribution in [-0.4, -0.2) is 12.1 Å². The summed E-state index contributed by atoms with van der Waals surface area (Å²) in [6.45, 7) is 1.36. The van der Waals surface area contributed by atoms with Gasteiger partial charge < -0.3 is 9.30 Å². The number of carbonyl (C=O) groups is 1. The van der Waals surface area contributed by atoms with E-state index in [0.717, 1.165) is 5.56 Å². The van der Waals surface area contributed by atoms with Crippen LogP contribution in [-0.2, 0) is 19.7 Å². The molecule has 0 heterocycles. The van der Waals surface area contributed by atoms with Gasteiger partial charge in [0.05, 0.1) is 6.16 Å². The van der Waals surface area contributed by atoms with E-state index in [1.165, 1.54) is 6.92 Å². The molecule has 1 unspecified atom stereocenters. The van der Waals surface area contributed by atoms with Crippen LogP contribution in [0, 0.1) is 11.8 Å². The molecule has 0 aromatic heterocycles. The molecule has 0 aliphatic rings. The van der Waals surface area contributed by atoms with Crippen molar-refractivity contribution in [3.8, 4) is 11.8 Å². The largest absolute Gasteiger partial charge is 0.441 e. The van der Waals surface area contributed by atoms with Crippen molar-refractivity contribution in [2.75, 3.05) is 6.16 Å². The first-order valence-electron chi connectivity index (χ1n) is 11.1. The quantitative estimate of drug-likeness (QED) is 0.215. The van der Waals surface area contributed by atoms with Crippen molar-refractivity contribution in [3.63, 3.8) is 0 Å². The minimum atomic E-state index is -3.27. The minimum absolute atomic E-state index is 0.0114. The molecule has 34 heavy (non-hydrogen) atoms. The fourth-order valence-corrected chi connectivity index (χ4v) is 6.87. The van der Waals surface area contributed by atoms with Gasteiger partial charge >= 0.3 is 5.97 Å². The summed E-state index contributed by atoms with van der Waals surface area (Å²) in [4.78, 5) is 12.4. The Bertz CT molecular complexity index is 1300. The lowest BCUT2D eigenvalue weighted by atomic mass is 9.95. The zero-order valence-electron chi connectivity index (χ0n) is 18.9. The van der Waals surface area contributed by atoms with E-state index in [9.17, 15) is 9.36 Å². The molecule has 4 aromatic carbocycles. The van der Waals surface area contributed by atoms with Crippen LogP contribution in [0.2, 0.25) is 0 Å². The van der Waals surface area contributed by atoms with Crippen LogP contribution in [0.15, 0.2) is 121 Å². The smallest absolute Gasteiger partial charge is 0.304 e. The van der Waals surface area contributed by atoms with Crippen LogP contribution >= 0.6 is 7.14 Å². The van der Waals surface area contributed by atoms with Gasteiger partial charge in [-0.15, -0.1) is 0 Å². The summed E-state index contributed by atoms with van der Waals surface area (Å²) in [5.74, 6) is 5.91. The van der Waals surface area contributed by atoms with E-state index in [4.69, 9.17) is 4.74 Å². The van der Waals surface area contributed by atoms with Gasteiger partial charge in [0, 0.05) is 28.7 Å². The maximum absolute atomic E-state index is 14.9. The molecule has 4 aromatic rings. The lowest BCUT2D eigenvalue weighted by Crippen LogP contribution is -2.38. The summed E-state index contributed by atoms with van der Waals surface area (Å²) in [6, 6.07) is 37.6. The molecule has 0 fully saturated rings. The summed E-state index contributed by atoms with van der Waals surface area (Å²) < 4.78 is 20.9.